The molecular weight excluding hydrogens is 423 g/mol. The maximum Gasteiger partial charge on any atom is 0.417 e. The maximum absolute atomic E-state index is 12.9. The smallest absolute Gasteiger partial charge is 0.366 e. The predicted molar refractivity (Wildman–Crippen MR) is 108 cm³/mol. The first-order valence-electron chi connectivity index (χ1n) is 8.36. The molecule has 1 heterocycles. The zero-order chi connectivity index (χ0) is 21.0. The molecule has 150 valence electrons. The Hall–Kier alpha value is -2.71. The van der Waals surface area contributed by atoms with Crippen molar-refractivity contribution in [2.75, 3.05) is 4.31 Å². The molecule has 0 bridgehead atoms. The topological polar surface area (TPSA) is 59.2 Å². The number of primary amides is 1. The van der Waals surface area contributed by atoms with Gasteiger partial charge in [-0.2, -0.15) is 13.2 Å². The summed E-state index contributed by atoms with van der Waals surface area (Å²) < 4.78 is 40.5. The van der Waals surface area contributed by atoms with Gasteiger partial charge in [0.15, 0.2) is 5.82 Å². The molecule has 0 saturated heterocycles. The second-order valence-electron chi connectivity index (χ2n) is 6.03. The first-order chi connectivity index (χ1) is 13.7. The van der Waals surface area contributed by atoms with Gasteiger partial charge < -0.3 is 5.73 Å². The van der Waals surface area contributed by atoms with Gasteiger partial charge in [0, 0.05) is 16.7 Å². The van der Waals surface area contributed by atoms with Gasteiger partial charge in [0.2, 0.25) is 5.91 Å². The third-order valence-electron chi connectivity index (χ3n) is 3.91. The zero-order valence-electron chi connectivity index (χ0n) is 14.9. The molecule has 0 aliphatic heterocycles. The van der Waals surface area contributed by atoms with Gasteiger partial charge in [-0.05, 0) is 47.8 Å². The summed E-state index contributed by atoms with van der Waals surface area (Å²) in [5, 5.41) is -0.114. The molecule has 1 amide bonds. The Balaban J connectivity index is 1.93. The van der Waals surface area contributed by atoms with Crippen molar-refractivity contribution in [3.05, 3.63) is 88.6 Å². The largest absolute Gasteiger partial charge is 0.417 e. The highest BCUT2D eigenvalue weighted by Gasteiger charge is 2.32. The third-order valence-corrected chi connectivity index (χ3v) is 5.19. The highest BCUT2D eigenvalue weighted by molar-refractivity contribution is 8.00. The SMILES string of the molecule is NC(=O)c1ccc(SN(Cc2ccccc2)c2ncc(C(F)(F)F)cc2Cl)cc1. The van der Waals surface area contributed by atoms with E-state index in [2.05, 4.69) is 4.98 Å². The van der Waals surface area contributed by atoms with Gasteiger partial charge in [-0.25, -0.2) is 4.98 Å². The van der Waals surface area contributed by atoms with E-state index in [1.54, 1.807) is 28.6 Å². The molecule has 0 radical (unpaired) electrons. The molecule has 1 aromatic heterocycles. The summed E-state index contributed by atoms with van der Waals surface area (Å²) in [5.41, 5.74) is 5.62. The van der Waals surface area contributed by atoms with Crippen LogP contribution in [0.3, 0.4) is 0 Å². The number of carbonyl (C=O) groups excluding carboxylic acids is 1. The predicted octanol–water partition coefficient (Wildman–Crippen LogP) is 5.57. The van der Waals surface area contributed by atoms with Crippen molar-refractivity contribution in [3.63, 3.8) is 0 Å². The average Bonchev–Trinajstić information content (AvgIpc) is 2.68. The van der Waals surface area contributed by atoms with Crippen LogP contribution in [0.2, 0.25) is 5.02 Å². The van der Waals surface area contributed by atoms with Crippen LogP contribution in [0.15, 0.2) is 71.8 Å². The maximum atomic E-state index is 12.9. The third kappa shape index (κ3) is 5.42. The summed E-state index contributed by atoms with van der Waals surface area (Å²) in [6.45, 7) is 0.348. The number of nitrogens with two attached hydrogens (primary N) is 1. The van der Waals surface area contributed by atoms with Crippen LogP contribution in [0.4, 0.5) is 19.0 Å². The van der Waals surface area contributed by atoms with Crippen molar-refractivity contribution >= 4 is 35.3 Å². The number of halogens is 4. The summed E-state index contributed by atoms with van der Waals surface area (Å²) in [4.78, 5) is 15.9. The van der Waals surface area contributed by atoms with Crippen molar-refractivity contribution in [3.8, 4) is 0 Å². The van der Waals surface area contributed by atoms with E-state index in [9.17, 15) is 18.0 Å². The fourth-order valence-corrected chi connectivity index (χ4v) is 3.75. The quantitative estimate of drug-likeness (QED) is 0.512. The van der Waals surface area contributed by atoms with Crippen molar-refractivity contribution in [2.45, 2.75) is 17.6 Å². The molecule has 3 rings (SSSR count). The minimum absolute atomic E-state index is 0.114. The van der Waals surface area contributed by atoms with Gasteiger partial charge in [-0.3, -0.25) is 9.10 Å². The number of rotatable bonds is 6. The van der Waals surface area contributed by atoms with E-state index in [0.717, 1.165) is 22.7 Å². The minimum Gasteiger partial charge on any atom is -0.366 e. The fourth-order valence-electron chi connectivity index (χ4n) is 2.48. The first kappa shape index (κ1) is 21.0. The van der Waals surface area contributed by atoms with Gasteiger partial charge >= 0.3 is 6.18 Å². The summed E-state index contributed by atoms with van der Waals surface area (Å²) in [6, 6.07) is 16.8. The first-order valence-corrected chi connectivity index (χ1v) is 9.51. The Morgan fingerprint density at radius 1 is 1.10 bits per heavy atom. The molecule has 0 unspecified atom stereocenters. The second-order valence-corrected chi connectivity index (χ2v) is 7.53. The number of nitrogens with zero attached hydrogens (tertiary/aromatic N) is 2. The molecule has 0 aliphatic carbocycles. The highest BCUT2D eigenvalue weighted by atomic mass is 35.5. The van der Waals surface area contributed by atoms with Crippen LogP contribution in [-0.2, 0) is 12.7 Å². The van der Waals surface area contributed by atoms with Crippen LogP contribution >= 0.6 is 23.5 Å². The Kier molecular flexibility index (Phi) is 6.34. The van der Waals surface area contributed by atoms with Crippen molar-refractivity contribution in [1.82, 2.24) is 4.98 Å². The molecule has 4 nitrogen and oxygen atoms in total. The fraction of sp³-hybridized carbons (Fsp3) is 0.100. The lowest BCUT2D eigenvalue weighted by Gasteiger charge is -2.24. The monoisotopic (exact) mass is 437 g/mol. The minimum atomic E-state index is -4.53. The molecule has 0 atom stereocenters. The van der Waals surface area contributed by atoms with E-state index in [1.165, 1.54) is 11.9 Å². The summed E-state index contributed by atoms with van der Waals surface area (Å²) in [6.07, 6.45) is -3.77. The van der Waals surface area contributed by atoms with Gasteiger partial charge in [0.25, 0.3) is 0 Å². The van der Waals surface area contributed by atoms with Crippen LogP contribution in [0, 0.1) is 0 Å². The number of hydrogen-bond donors (Lipinski definition) is 1. The van der Waals surface area contributed by atoms with Crippen molar-refractivity contribution in [2.24, 2.45) is 5.73 Å². The molecule has 0 spiro atoms. The van der Waals surface area contributed by atoms with Crippen molar-refractivity contribution < 1.29 is 18.0 Å². The van der Waals surface area contributed by atoms with Crippen LogP contribution in [0.25, 0.3) is 0 Å². The van der Waals surface area contributed by atoms with E-state index in [1.807, 2.05) is 30.3 Å². The van der Waals surface area contributed by atoms with Crippen LogP contribution in [0.5, 0.6) is 0 Å². The Morgan fingerprint density at radius 2 is 1.76 bits per heavy atom. The molecular formula is C20H15ClF3N3OS. The lowest BCUT2D eigenvalue weighted by Crippen LogP contribution is -2.17. The zero-order valence-corrected chi connectivity index (χ0v) is 16.4. The number of pyridine rings is 1. The Morgan fingerprint density at radius 3 is 2.31 bits per heavy atom. The van der Waals surface area contributed by atoms with Crippen LogP contribution in [-0.4, -0.2) is 10.9 Å². The van der Waals surface area contributed by atoms with Gasteiger partial charge in [0.1, 0.15) is 0 Å². The molecule has 3 aromatic rings. The van der Waals surface area contributed by atoms with Crippen LogP contribution in [0.1, 0.15) is 21.5 Å². The summed E-state index contributed by atoms with van der Waals surface area (Å²) in [5.74, 6) is -0.345. The number of hydrogen-bond acceptors (Lipinski definition) is 4. The lowest BCUT2D eigenvalue weighted by atomic mass is 10.2. The van der Waals surface area contributed by atoms with Crippen LogP contribution < -0.4 is 10.0 Å². The average molecular weight is 438 g/mol. The number of aromatic nitrogens is 1. The number of benzene rings is 2. The number of anilines is 1. The van der Waals surface area contributed by atoms with E-state index in [4.69, 9.17) is 17.3 Å². The molecule has 9 heteroatoms. The van der Waals surface area contributed by atoms with E-state index in [0.29, 0.717) is 12.1 Å². The molecule has 0 aliphatic rings. The van der Waals surface area contributed by atoms with Gasteiger partial charge in [-0.1, -0.05) is 41.9 Å². The molecule has 0 saturated carbocycles. The summed E-state index contributed by atoms with van der Waals surface area (Å²) >= 11 is 7.39. The van der Waals surface area contributed by atoms with Crippen molar-refractivity contribution in [1.29, 1.82) is 0 Å². The molecule has 2 N–H and O–H groups in total. The highest BCUT2D eigenvalue weighted by Crippen LogP contribution is 2.37. The van der Waals surface area contributed by atoms with Gasteiger partial charge in [0.05, 0.1) is 17.1 Å². The lowest BCUT2D eigenvalue weighted by molar-refractivity contribution is -0.137. The number of amides is 1. The normalized spacial score (nSPS) is 11.3. The summed E-state index contributed by atoms with van der Waals surface area (Å²) in [7, 11) is 0. The van der Waals surface area contributed by atoms with Gasteiger partial charge in [-0.15, -0.1) is 0 Å². The molecule has 29 heavy (non-hydrogen) atoms. The number of alkyl halides is 3. The van der Waals surface area contributed by atoms with E-state index in [-0.39, 0.29) is 10.8 Å². The molecule has 2 aromatic carbocycles. The second kappa shape index (κ2) is 8.75. The van der Waals surface area contributed by atoms with E-state index < -0.39 is 17.6 Å². The Bertz CT molecular complexity index is 998. The standard InChI is InChI=1S/C20H15ClF3N3OS/c21-17-10-15(20(22,23)24)11-26-19(17)27(12-13-4-2-1-3-5-13)29-16-8-6-14(7-9-16)18(25)28/h1-11H,12H2,(H2,25,28). The van der Waals surface area contributed by atoms with E-state index >= 15 is 0 Å². The Labute approximate surface area is 174 Å². The number of carbonyl (C=O) groups is 1. The molecule has 0 fully saturated rings.